The Bertz CT molecular complexity index is 157. The maximum atomic E-state index is 2.39. The molecule has 0 amide bonds. The molecule has 0 aromatic heterocycles. The molecular weight excluding hydrogens is 170 g/mol. The lowest BCUT2D eigenvalue weighted by Crippen LogP contribution is -2.42. The molecule has 0 unspecified atom stereocenters. The molecule has 1 saturated carbocycles. The summed E-state index contributed by atoms with van der Waals surface area (Å²) in [4.78, 5) is 0. The molecule has 1 nitrogen and oxygen atoms in total. The fourth-order valence-corrected chi connectivity index (χ4v) is 2.03. The molecular formula is C13H28N+. The van der Waals surface area contributed by atoms with Gasteiger partial charge in [-0.3, -0.25) is 0 Å². The van der Waals surface area contributed by atoms with Crippen LogP contribution in [0.5, 0.6) is 0 Å². The van der Waals surface area contributed by atoms with Crippen LogP contribution in [0.25, 0.3) is 0 Å². The summed E-state index contributed by atoms with van der Waals surface area (Å²) in [6.45, 7) is 7.39. The van der Waals surface area contributed by atoms with E-state index in [4.69, 9.17) is 0 Å². The van der Waals surface area contributed by atoms with E-state index in [9.17, 15) is 0 Å². The van der Waals surface area contributed by atoms with Gasteiger partial charge in [0.2, 0.25) is 0 Å². The summed E-state index contributed by atoms with van der Waals surface area (Å²) >= 11 is 0. The zero-order valence-electron chi connectivity index (χ0n) is 10.6. The SMILES string of the molecule is CC(C)CC[N+](C)(C)CCC1CCC1. The van der Waals surface area contributed by atoms with Crippen LogP contribution in [0.4, 0.5) is 0 Å². The molecule has 0 saturated heterocycles. The number of nitrogens with zero attached hydrogens (tertiary/aromatic N) is 1. The molecule has 1 rings (SSSR count). The van der Waals surface area contributed by atoms with Gasteiger partial charge in [-0.15, -0.1) is 0 Å². The molecule has 1 fully saturated rings. The lowest BCUT2D eigenvalue weighted by molar-refractivity contribution is -0.891. The Labute approximate surface area is 90.1 Å². The smallest absolute Gasteiger partial charge is 0.0785 e. The van der Waals surface area contributed by atoms with Gasteiger partial charge >= 0.3 is 0 Å². The molecule has 0 spiro atoms. The van der Waals surface area contributed by atoms with Crippen molar-refractivity contribution in [3.8, 4) is 0 Å². The minimum Gasteiger partial charge on any atom is -0.328 e. The summed E-state index contributed by atoms with van der Waals surface area (Å²) in [5.41, 5.74) is 0. The third kappa shape index (κ3) is 4.45. The standard InChI is InChI=1S/C13H28N/c1-12(2)8-10-14(3,4)11-9-13-6-5-7-13/h12-13H,5-11H2,1-4H3/q+1. The van der Waals surface area contributed by atoms with Gasteiger partial charge in [-0.2, -0.15) is 0 Å². The summed E-state index contributed by atoms with van der Waals surface area (Å²) in [6, 6.07) is 0. The van der Waals surface area contributed by atoms with E-state index in [1.54, 1.807) is 0 Å². The molecule has 0 aromatic carbocycles. The first-order valence-electron chi connectivity index (χ1n) is 6.31. The van der Waals surface area contributed by atoms with Gasteiger partial charge in [0.05, 0.1) is 27.2 Å². The first-order valence-corrected chi connectivity index (χ1v) is 6.31. The molecule has 0 heterocycles. The third-order valence-electron chi connectivity index (χ3n) is 3.68. The van der Waals surface area contributed by atoms with Crippen LogP contribution < -0.4 is 0 Å². The zero-order valence-corrected chi connectivity index (χ0v) is 10.6. The van der Waals surface area contributed by atoms with Crippen molar-refractivity contribution < 1.29 is 4.48 Å². The lowest BCUT2D eigenvalue weighted by atomic mass is 9.83. The van der Waals surface area contributed by atoms with Crippen molar-refractivity contribution in [2.24, 2.45) is 11.8 Å². The van der Waals surface area contributed by atoms with Crippen LogP contribution in [0.15, 0.2) is 0 Å². The van der Waals surface area contributed by atoms with Crippen molar-refractivity contribution in [1.29, 1.82) is 0 Å². The second kappa shape index (κ2) is 5.16. The first kappa shape index (κ1) is 12.0. The number of rotatable bonds is 6. The Hall–Kier alpha value is -0.0400. The van der Waals surface area contributed by atoms with Gasteiger partial charge in [0.25, 0.3) is 0 Å². The third-order valence-corrected chi connectivity index (χ3v) is 3.68. The molecule has 0 aliphatic heterocycles. The van der Waals surface area contributed by atoms with Crippen LogP contribution in [0, 0.1) is 11.8 Å². The minimum atomic E-state index is 0.858. The van der Waals surface area contributed by atoms with Gasteiger partial charge in [0.15, 0.2) is 0 Å². The number of hydrogen-bond donors (Lipinski definition) is 0. The number of hydrogen-bond acceptors (Lipinski definition) is 0. The summed E-state index contributed by atoms with van der Waals surface area (Å²) in [5, 5.41) is 0. The van der Waals surface area contributed by atoms with E-state index in [-0.39, 0.29) is 0 Å². The van der Waals surface area contributed by atoms with Gasteiger partial charge in [-0.05, 0) is 24.7 Å². The van der Waals surface area contributed by atoms with Crippen LogP contribution in [-0.4, -0.2) is 31.7 Å². The monoisotopic (exact) mass is 198 g/mol. The fourth-order valence-electron chi connectivity index (χ4n) is 2.03. The molecule has 0 atom stereocenters. The Kier molecular flexibility index (Phi) is 4.43. The van der Waals surface area contributed by atoms with E-state index in [0.717, 1.165) is 11.8 Å². The maximum Gasteiger partial charge on any atom is 0.0785 e. The van der Waals surface area contributed by atoms with Crippen LogP contribution in [-0.2, 0) is 0 Å². The van der Waals surface area contributed by atoms with Crippen molar-refractivity contribution in [1.82, 2.24) is 0 Å². The Morgan fingerprint density at radius 3 is 2.21 bits per heavy atom. The fraction of sp³-hybridized carbons (Fsp3) is 1.00. The predicted octanol–water partition coefficient (Wildman–Crippen LogP) is 3.30. The average molecular weight is 198 g/mol. The van der Waals surface area contributed by atoms with E-state index in [0.29, 0.717) is 0 Å². The van der Waals surface area contributed by atoms with Crippen LogP contribution in [0.3, 0.4) is 0 Å². The minimum absolute atomic E-state index is 0.858. The molecule has 0 bridgehead atoms. The van der Waals surface area contributed by atoms with E-state index in [2.05, 4.69) is 27.9 Å². The molecule has 0 aromatic rings. The molecule has 1 aliphatic rings. The highest BCUT2D eigenvalue weighted by atomic mass is 15.3. The van der Waals surface area contributed by atoms with Gasteiger partial charge < -0.3 is 4.48 Å². The zero-order chi connectivity index (χ0) is 10.6. The highest BCUT2D eigenvalue weighted by molar-refractivity contribution is 4.68. The van der Waals surface area contributed by atoms with E-state index in [1.165, 1.54) is 49.7 Å². The Balaban J connectivity index is 2.11. The molecule has 0 radical (unpaired) electrons. The van der Waals surface area contributed by atoms with Gasteiger partial charge in [0, 0.05) is 0 Å². The normalized spacial score (nSPS) is 18.6. The summed E-state index contributed by atoms with van der Waals surface area (Å²) in [5.74, 6) is 1.93. The summed E-state index contributed by atoms with van der Waals surface area (Å²) in [6.07, 6.45) is 7.33. The molecule has 1 aliphatic carbocycles. The van der Waals surface area contributed by atoms with Gasteiger partial charge in [-0.25, -0.2) is 0 Å². The quantitative estimate of drug-likeness (QED) is 0.574. The van der Waals surface area contributed by atoms with Crippen molar-refractivity contribution in [2.45, 2.75) is 46.0 Å². The molecule has 1 heteroatoms. The molecule has 14 heavy (non-hydrogen) atoms. The second-order valence-corrected chi connectivity index (χ2v) is 6.15. The summed E-state index contributed by atoms with van der Waals surface area (Å²) < 4.78 is 1.23. The van der Waals surface area contributed by atoms with E-state index in [1.807, 2.05) is 0 Å². The lowest BCUT2D eigenvalue weighted by Gasteiger charge is -2.34. The van der Waals surface area contributed by atoms with Crippen molar-refractivity contribution in [3.63, 3.8) is 0 Å². The largest absolute Gasteiger partial charge is 0.328 e. The van der Waals surface area contributed by atoms with Crippen molar-refractivity contribution in [3.05, 3.63) is 0 Å². The molecule has 84 valence electrons. The predicted molar refractivity (Wildman–Crippen MR) is 63.3 cm³/mol. The Morgan fingerprint density at radius 1 is 1.14 bits per heavy atom. The van der Waals surface area contributed by atoms with Crippen molar-refractivity contribution >= 4 is 0 Å². The topological polar surface area (TPSA) is 0 Å². The molecule has 0 N–H and O–H groups in total. The Morgan fingerprint density at radius 2 is 1.79 bits per heavy atom. The average Bonchev–Trinajstić information content (AvgIpc) is 1.98. The van der Waals surface area contributed by atoms with Crippen LogP contribution in [0.1, 0.15) is 46.0 Å². The van der Waals surface area contributed by atoms with Gasteiger partial charge in [0.1, 0.15) is 0 Å². The summed E-state index contributed by atoms with van der Waals surface area (Å²) in [7, 11) is 4.78. The highest BCUT2D eigenvalue weighted by Crippen LogP contribution is 2.29. The van der Waals surface area contributed by atoms with Crippen molar-refractivity contribution in [2.75, 3.05) is 27.2 Å². The van der Waals surface area contributed by atoms with Crippen LogP contribution in [0.2, 0.25) is 0 Å². The maximum absolute atomic E-state index is 2.39. The first-order chi connectivity index (χ1) is 6.49. The van der Waals surface area contributed by atoms with E-state index < -0.39 is 0 Å². The highest BCUT2D eigenvalue weighted by Gasteiger charge is 2.22. The van der Waals surface area contributed by atoms with E-state index >= 15 is 0 Å². The second-order valence-electron chi connectivity index (χ2n) is 6.15. The van der Waals surface area contributed by atoms with Gasteiger partial charge in [-0.1, -0.05) is 33.1 Å². The number of quaternary nitrogens is 1. The van der Waals surface area contributed by atoms with Crippen LogP contribution >= 0.6 is 0 Å².